The number of hydrogen-bond acceptors (Lipinski definition) is 3. The van der Waals surface area contributed by atoms with E-state index in [1.165, 1.54) is 26.9 Å². The Kier molecular flexibility index (Phi) is 2.64. The predicted octanol–water partition coefficient (Wildman–Crippen LogP) is 3.18. The van der Waals surface area contributed by atoms with Crippen LogP contribution < -0.4 is 0 Å². The molecule has 0 amide bonds. The van der Waals surface area contributed by atoms with Gasteiger partial charge in [-0.3, -0.25) is 10.00 Å². The quantitative estimate of drug-likeness (QED) is 0.775. The maximum Gasteiger partial charge on any atom is 0.0535 e. The zero-order valence-corrected chi connectivity index (χ0v) is 11.4. The van der Waals surface area contributed by atoms with Crippen LogP contribution in [0.3, 0.4) is 0 Å². The Labute approximate surface area is 115 Å². The Hall–Kier alpha value is -1.65. The third-order valence-electron chi connectivity index (χ3n) is 3.80. The van der Waals surface area contributed by atoms with Crippen molar-refractivity contribution in [2.75, 3.05) is 6.54 Å². The van der Waals surface area contributed by atoms with Crippen LogP contribution in [-0.4, -0.2) is 21.6 Å². The summed E-state index contributed by atoms with van der Waals surface area (Å²) in [6, 6.07) is 9.01. The van der Waals surface area contributed by atoms with Gasteiger partial charge < -0.3 is 0 Å². The summed E-state index contributed by atoms with van der Waals surface area (Å²) >= 11 is 1.81. The highest BCUT2D eigenvalue weighted by atomic mass is 32.1. The van der Waals surface area contributed by atoms with Crippen molar-refractivity contribution in [2.45, 2.75) is 19.5 Å². The van der Waals surface area contributed by atoms with E-state index in [4.69, 9.17) is 0 Å². The molecule has 0 bridgehead atoms. The Morgan fingerprint density at radius 1 is 1.32 bits per heavy atom. The number of aromatic nitrogens is 2. The van der Waals surface area contributed by atoms with E-state index in [0.717, 1.165) is 26.1 Å². The molecule has 0 atom stereocenters. The number of thiophene rings is 1. The van der Waals surface area contributed by atoms with Gasteiger partial charge >= 0.3 is 0 Å². The lowest BCUT2D eigenvalue weighted by molar-refractivity contribution is 0.245. The lowest BCUT2D eigenvalue weighted by Crippen LogP contribution is -2.29. The average molecular weight is 269 g/mol. The van der Waals surface area contributed by atoms with Crippen LogP contribution in [-0.2, 0) is 19.5 Å². The molecule has 19 heavy (non-hydrogen) atoms. The van der Waals surface area contributed by atoms with Crippen LogP contribution in [0.25, 0.3) is 10.1 Å². The van der Waals surface area contributed by atoms with E-state index in [9.17, 15) is 0 Å². The van der Waals surface area contributed by atoms with Gasteiger partial charge in [-0.15, -0.1) is 11.3 Å². The van der Waals surface area contributed by atoms with Gasteiger partial charge in [-0.2, -0.15) is 5.10 Å². The summed E-state index contributed by atoms with van der Waals surface area (Å²) in [5, 5.41) is 10.7. The number of hydrogen-bond donors (Lipinski definition) is 1. The molecule has 0 fully saturated rings. The van der Waals surface area contributed by atoms with Gasteiger partial charge in [0.1, 0.15) is 0 Å². The van der Waals surface area contributed by atoms with Crippen LogP contribution in [0.15, 0.2) is 35.8 Å². The van der Waals surface area contributed by atoms with E-state index >= 15 is 0 Å². The van der Waals surface area contributed by atoms with Gasteiger partial charge in [0.25, 0.3) is 0 Å². The van der Waals surface area contributed by atoms with E-state index in [1.54, 1.807) is 0 Å². The molecule has 0 radical (unpaired) electrons. The molecular formula is C15H15N3S. The first-order chi connectivity index (χ1) is 9.38. The molecule has 0 spiro atoms. The molecular weight excluding hydrogens is 254 g/mol. The normalized spacial score (nSPS) is 15.8. The first kappa shape index (κ1) is 11.2. The number of rotatable bonds is 2. The Morgan fingerprint density at radius 3 is 3.32 bits per heavy atom. The number of nitrogens with one attached hydrogen (secondary N) is 1. The van der Waals surface area contributed by atoms with E-state index in [2.05, 4.69) is 44.7 Å². The Balaban J connectivity index is 1.55. The highest BCUT2D eigenvalue weighted by molar-refractivity contribution is 7.17. The molecule has 1 aliphatic rings. The van der Waals surface area contributed by atoms with E-state index in [0.29, 0.717) is 0 Å². The lowest BCUT2D eigenvalue weighted by atomic mass is 10.1. The van der Waals surface area contributed by atoms with Gasteiger partial charge in [-0.25, -0.2) is 0 Å². The number of benzene rings is 1. The van der Waals surface area contributed by atoms with Crippen LogP contribution in [0.5, 0.6) is 0 Å². The molecule has 4 heteroatoms. The molecule has 3 heterocycles. The van der Waals surface area contributed by atoms with Crippen molar-refractivity contribution in [1.29, 1.82) is 0 Å². The number of fused-ring (bicyclic) bond motifs is 2. The fourth-order valence-electron chi connectivity index (χ4n) is 2.79. The van der Waals surface area contributed by atoms with Crippen molar-refractivity contribution < 1.29 is 0 Å². The molecule has 0 saturated carbocycles. The van der Waals surface area contributed by atoms with Gasteiger partial charge in [0, 0.05) is 42.0 Å². The topological polar surface area (TPSA) is 31.9 Å². The van der Waals surface area contributed by atoms with Crippen LogP contribution in [0.4, 0.5) is 0 Å². The van der Waals surface area contributed by atoms with Gasteiger partial charge in [0.15, 0.2) is 0 Å². The van der Waals surface area contributed by atoms with Crippen molar-refractivity contribution in [1.82, 2.24) is 15.1 Å². The summed E-state index contributed by atoms with van der Waals surface area (Å²) < 4.78 is 1.37. The molecule has 1 aliphatic heterocycles. The maximum atomic E-state index is 4.13. The first-order valence-electron chi connectivity index (χ1n) is 6.58. The average Bonchev–Trinajstić information content (AvgIpc) is 3.05. The lowest BCUT2D eigenvalue weighted by Gasteiger charge is -2.26. The van der Waals surface area contributed by atoms with Crippen LogP contribution >= 0.6 is 11.3 Å². The number of nitrogens with zero attached hydrogens (tertiary/aromatic N) is 2. The summed E-state index contributed by atoms with van der Waals surface area (Å²) in [4.78, 5) is 2.49. The van der Waals surface area contributed by atoms with Crippen LogP contribution in [0, 0.1) is 0 Å². The molecule has 3 aromatic rings. The van der Waals surface area contributed by atoms with E-state index < -0.39 is 0 Å². The van der Waals surface area contributed by atoms with E-state index in [-0.39, 0.29) is 0 Å². The molecule has 3 nitrogen and oxygen atoms in total. The molecule has 2 aromatic heterocycles. The van der Waals surface area contributed by atoms with Gasteiger partial charge in [0.05, 0.1) is 6.20 Å². The highest BCUT2D eigenvalue weighted by Crippen LogP contribution is 2.24. The third kappa shape index (κ3) is 2.07. The van der Waals surface area contributed by atoms with Gasteiger partial charge in [-0.1, -0.05) is 6.07 Å². The fraction of sp³-hybridized carbons (Fsp3) is 0.267. The van der Waals surface area contributed by atoms with Gasteiger partial charge in [-0.05, 0) is 34.5 Å². The highest BCUT2D eigenvalue weighted by Gasteiger charge is 2.17. The second-order valence-electron chi connectivity index (χ2n) is 5.13. The molecule has 4 rings (SSSR count). The summed E-state index contributed by atoms with van der Waals surface area (Å²) in [5.74, 6) is 0. The molecule has 1 aromatic carbocycles. The summed E-state index contributed by atoms with van der Waals surface area (Å²) in [5.41, 5.74) is 4.06. The third-order valence-corrected chi connectivity index (χ3v) is 4.70. The zero-order chi connectivity index (χ0) is 12.7. The predicted molar refractivity (Wildman–Crippen MR) is 78.2 cm³/mol. The maximum absolute atomic E-state index is 4.13. The molecule has 0 unspecified atom stereocenters. The van der Waals surface area contributed by atoms with Crippen molar-refractivity contribution in [2.24, 2.45) is 0 Å². The number of H-pyrrole nitrogens is 1. The second kappa shape index (κ2) is 4.47. The van der Waals surface area contributed by atoms with Crippen LogP contribution in [0.1, 0.15) is 16.8 Å². The molecule has 1 N–H and O–H groups in total. The minimum Gasteiger partial charge on any atom is -0.294 e. The molecule has 0 saturated heterocycles. The van der Waals surface area contributed by atoms with Crippen molar-refractivity contribution >= 4 is 21.4 Å². The zero-order valence-electron chi connectivity index (χ0n) is 10.6. The molecule has 0 aliphatic carbocycles. The monoisotopic (exact) mass is 269 g/mol. The minimum atomic E-state index is 1.01. The second-order valence-corrected chi connectivity index (χ2v) is 6.07. The van der Waals surface area contributed by atoms with Crippen molar-refractivity contribution in [3.63, 3.8) is 0 Å². The summed E-state index contributed by atoms with van der Waals surface area (Å²) in [6.45, 7) is 3.14. The minimum absolute atomic E-state index is 1.01. The summed E-state index contributed by atoms with van der Waals surface area (Å²) in [6.07, 6.45) is 3.04. The Morgan fingerprint density at radius 2 is 2.32 bits per heavy atom. The standard InChI is InChI=1S/C15H15N3S/c1-2-15-12(4-6-19-15)7-11(1)9-18-5-3-14-13(10-18)8-16-17-14/h1-2,4,6-8H,3,5,9-10H2,(H,16,17). The first-order valence-corrected chi connectivity index (χ1v) is 7.46. The van der Waals surface area contributed by atoms with Crippen molar-refractivity contribution in [3.8, 4) is 0 Å². The van der Waals surface area contributed by atoms with E-state index in [1.807, 2.05) is 17.5 Å². The van der Waals surface area contributed by atoms with Crippen molar-refractivity contribution in [3.05, 3.63) is 52.7 Å². The fourth-order valence-corrected chi connectivity index (χ4v) is 3.56. The SMILES string of the molecule is c1cc2cc(CN3CCc4[nH]ncc4C3)ccc2s1. The van der Waals surface area contributed by atoms with Crippen LogP contribution in [0.2, 0.25) is 0 Å². The van der Waals surface area contributed by atoms with Gasteiger partial charge in [0.2, 0.25) is 0 Å². The smallest absolute Gasteiger partial charge is 0.0535 e. The Bertz CT molecular complexity index is 713. The number of aromatic amines is 1. The largest absolute Gasteiger partial charge is 0.294 e. The molecule has 96 valence electrons. The summed E-state index contributed by atoms with van der Waals surface area (Å²) in [7, 11) is 0.